The molecule has 1 heterocycles. The van der Waals surface area contributed by atoms with E-state index in [2.05, 4.69) is 15.9 Å². The first-order valence-corrected chi connectivity index (χ1v) is 6.75. The van der Waals surface area contributed by atoms with Crippen LogP contribution in [0.2, 0.25) is 0 Å². The summed E-state index contributed by atoms with van der Waals surface area (Å²) in [6.45, 7) is 2.79. The number of nitrogens with zero attached hydrogens (tertiary/aromatic N) is 1. The van der Waals surface area contributed by atoms with Crippen molar-refractivity contribution < 1.29 is 9.90 Å². The van der Waals surface area contributed by atoms with Crippen LogP contribution in [-0.4, -0.2) is 34.6 Å². The van der Waals surface area contributed by atoms with Crippen LogP contribution in [0.15, 0.2) is 22.7 Å². The molecule has 1 aromatic carbocycles. The van der Waals surface area contributed by atoms with E-state index in [1.807, 2.05) is 0 Å². The quantitative estimate of drug-likeness (QED) is 0.780. The van der Waals surface area contributed by atoms with Gasteiger partial charge in [-0.2, -0.15) is 0 Å². The Morgan fingerprint density at radius 2 is 2.28 bits per heavy atom. The first kappa shape index (κ1) is 13.4. The lowest BCUT2D eigenvalue weighted by Crippen LogP contribution is -2.48. The number of aliphatic hydroxyl groups is 1. The molecule has 2 rings (SSSR count). The van der Waals surface area contributed by atoms with Crippen LogP contribution in [0.4, 0.5) is 5.69 Å². The fourth-order valence-corrected chi connectivity index (χ4v) is 2.67. The number of benzene rings is 1. The zero-order valence-electron chi connectivity index (χ0n) is 10.3. The number of carbonyl (C=O) groups is 1. The minimum absolute atomic E-state index is 0.111. The largest absolute Gasteiger partial charge is 0.398 e. The summed E-state index contributed by atoms with van der Waals surface area (Å²) < 4.78 is 0.849. The highest BCUT2D eigenvalue weighted by atomic mass is 79.9. The summed E-state index contributed by atoms with van der Waals surface area (Å²) in [6.07, 6.45) is 1.54. The number of anilines is 1. The molecule has 18 heavy (non-hydrogen) atoms. The summed E-state index contributed by atoms with van der Waals surface area (Å²) in [4.78, 5) is 14.0. The molecule has 0 radical (unpaired) electrons. The summed E-state index contributed by atoms with van der Waals surface area (Å²) >= 11 is 3.31. The number of nitrogens with two attached hydrogens (primary N) is 1. The first-order chi connectivity index (χ1) is 8.39. The van der Waals surface area contributed by atoms with Crippen LogP contribution in [0.3, 0.4) is 0 Å². The van der Waals surface area contributed by atoms with Crippen molar-refractivity contribution in [3.05, 3.63) is 28.2 Å². The Hall–Kier alpha value is -1.07. The summed E-state index contributed by atoms with van der Waals surface area (Å²) in [5, 5.41) is 10.0. The summed E-state index contributed by atoms with van der Waals surface area (Å²) in [5.41, 5.74) is 6.02. The number of halogens is 1. The zero-order valence-corrected chi connectivity index (χ0v) is 11.9. The second-order valence-electron chi connectivity index (χ2n) is 5.06. The van der Waals surface area contributed by atoms with E-state index in [-0.39, 0.29) is 5.91 Å². The second kappa shape index (κ2) is 4.90. The van der Waals surface area contributed by atoms with Gasteiger partial charge in [-0.3, -0.25) is 4.79 Å². The van der Waals surface area contributed by atoms with Crippen LogP contribution in [0.1, 0.15) is 30.1 Å². The van der Waals surface area contributed by atoms with Gasteiger partial charge in [-0.1, -0.05) is 15.9 Å². The minimum atomic E-state index is -0.794. The van der Waals surface area contributed by atoms with Gasteiger partial charge in [-0.25, -0.2) is 0 Å². The third-order valence-corrected chi connectivity index (χ3v) is 3.70. The number of β-amino-alcohol motifs (C(OH)–C–C–N with tert-alkyl or cyclic N) is 1. The Kier molecular flexibility index (Phi) is 3.64. The molecule has 98 valence electrons. The van der Waals surface area contributed by atoms with Gasteiger partial charge >= 0.3 is 0 Å². The Labute approximate surface area is 115 Å². The molecule has 1 aliphatic heterocycles. The van der Waals surface area contributed by atoms with Crippen LogP contribution in [0.5, 0.6) is 0 Å². The molecule has 1 amide bonds. The van der Waals surface area contributed by atoms with E-state index in [0.29, 0.717) is 24.3 Å². The SMILES string of the molecule is CC1(O)CCCN(C(=O)c2ccc(Br)cc2N)C1. The number of hydrogen-bond acceptors (Lipinski definition) is 3. The Bertz CT molecular complexity index is 474. The molecule has 1 atom stereocenters. The number of nitrogen functional groups attached to an aromatic ring is 1. The van der Waals surface area contributed by atoms with E-state index in [1.54, 1.807) is 30.0 Å². The lowest BCUT2D eigenvalue weighted by Gasteiger charge is -2.37. The summed E-state index contributed by atoms with van der Waals surface area (Å²) in [5.74, 6) is -0.111. The third kappa shape index (κ3) is 2.84. The first-order valence-electron chi connectivity index (χ1n) is 5.96. The van der Waals surface area contributed by atoms with E-state index in [1.165, 1.54) is 0 Å². The number of amides is 1. The van der Waals surface area contributed by atoms with Crippen LogP contribution in [-0.2, 0) is 0 Å². The van der Waals surface area contributed by atoms with Gasteiger partial charge in [0, 0.05) is 23.2 Å². The maximum absolute atomic E-state index is 12.3. The lowest BCUT2D eigenvalue weighted by molar-refractivity contribution is -0.0107. The average molecular weight is 313 g/mol. The van der Waals surface area contributed by atoms with Crippen LogP contribution in [0, 0.1) is 0 Å². The molecule has 0 saturated carbocycles. The molecule has 1 unspecified atom stereocenters. The molecule has 0 aliphatic carbocycles. The molecule has 0 aromatic heterocycles. The van der Waals surface area contributed by atoms with Crippen LogP contribution in [0.25, 0.3) is 0 Å². The average Bonchev–Trinajstić information content (AvgIpc) is 2.27. The van der Waals surface area contributed by atoms with Gasteiger partial charge in [-0.15, -0.1) is 0 Å². The van der Waals surface area contributed by atoms with Crippen molar-refractivity contribution in [2.24, 2.45) is 0 Å². The van der Waals surface area contributed by atoms with E-state index in [4.69, 9.17) is 5.73 Å². The van der Waals surface area contributed by atoms with E-state index in [0.717, 1.165) is 17.3 Å². The van der Waals surface area contributed by atoms with Crippen molar-refractivity contribution in [3.8, 4) is 0 Å². The molecule has 5 heteroatoms. The standard InChI is InChI=1S/C13H17BrN2O2/c1-13(18)5-2-6-16(8-13)12(17)10-4-3-9(14)7-11(10)15/h3-4,7,18H,2,5-6,8,15H2,1H3. The number of piperidine rings is 1. The van der Waals surface area contributed by atoms with Crippen molar-refractivity contribution in [3.63, 3.8) is 0 Å². The van der Waals surface area contributed by atoms with Crippen LogP contribution < -0.4 is 5.73 Å². The minimum Gasteiger partial charge on any atom is -0.398 e. The topological polar surface area (TPSA) is 66.6 Å². The third-order valence-electron chi connectivity index (χ3n) is 3.21. The number of rotatable bonds is 1. The van der Waals surface area contributed by atoms with Gasteiger partial charge in [0.25, 0.3) is 5.91 Å². The smallest absolute Gasteiger partial charge is 0.256 e. The van der Waals surface area contributed by atoms with Crippen molar-refractivity contribution in [2.45, 2.75) is 25.4 Å². The van der Waals surface area contributed by atoms with Gasteiger partial charge in [-0.05, 0) is 38.0 Å². The maximum atomic E-state index is 12.3. The van der Waals surface area contributed by atoms with Crippen LogP contribution >= 0.6 is 15.9 Å². The molecular formula is C13H17BrN2O2. The summed E-state index contributed by atoms with van der Waals surface area (Å²) in [6, 6.07) is 5.23. The molecule has 1 aromatic rings. The molecule has 3 N–H and O–H groups in total. The molecule has 1 fully saturated rings. The van der Waals surface area contributed by atoms with Crippen molar-refractivity contribution in [1.82, 2.24) is 4.90 Å². The Morgan fingerprint density at radius 1 is 1.56 bits per heavy atom. The van der Waals surface area contributed by atoms with Gasteiger partial charge < -0.3 is 15.7 Å². The van der Waals surface area contributed by atoms with Gasteiger partial charge in [0.05, 0.1) is 11.2 Å². The predicted octanol–water partition coefficient (Wildman–Crippen LogP) is 2.02. The molecule has 4 nitrogen and oxygen atoms in total. The number of hydrogen-bond donors (Lipinski definition) is 2. The fourth-order valence-electron chi connectivity index (χ4n) is 2.29. The van der Waals surface area contributed by atoms with E-state index < -0.39 is 5.60 Å². The van der Waals surface area contributed by atoms with E-state index >= 15 is 0 Å². The lowest BCUT2D eigenvalue weighted by atomic mass is 9.94. The molecule has 0 bridgehead atoms. The van der Waals surface area contributed by atoms with E-state index in [9.17, 15) is 9.90 Å². The van der Waals surface area contributed by atoms with Crippen molar-refractivity contribution >= 4 is 27.5 Å². The second-order valence-corrected chi connectivity index (χ2v) is 5.97. The number of likely N-dealkylation sites (tertiary alicyclic amines) is 1. The highest BCUT2D eigenvalue weighted by molar-refractivity contribution is 9.10. The molecule has 0 spiro atoms. The highest BCUT2D eigenvalue weighted by Gasteiger charge is 2.31. The predicted molar refractivity (Wildman–Crippen MR) is 74.3 cm³/mol. The molecule has 1 saturated heterocycles. The normalized spacial score (nSPS) is 24.1. The number of carbonyl (C=O) groups excluding carboxylic acids is 1. The van der Waals surface area contributed by atoms with Crippen molar-refractivity contribution in [2.75, 3.05) is 18.8 Å². The van der Waals surface area contributed by atoms with Crippen molar-refractivity contribution in [1.29, 1.82) is 0 Å². The Balaban J connectivity index is 2.20. The zero-order chi connectivity index (χ0) is 13.3. The molecule has 1 aliphatic rings. The van der Waals surface area contributed by atoms with Gasteiger partial charge in [0.1, 0.15) is 0 Å². The molecular weight excluding hydrogens is 296 g/mol. The van der Waals surface area contributed by atoms with Gasteiger partial charge in [0.2, 0.25) is 0 Å². The Morgan fingerprint density at radius 3 is 2.89 bits per heavy atom. The summed E-state index contributed by atoms with van der Waals surface area (Å²) in [7, 11) is 0. The van der Waals surface area contributed by atoms with Gasteiger partial charge in [0.15, 0.2) is 0 Å². The monoisotopic (exact) mass is 312 g/mol. The maximum Gasteiger partial charge on any atom is 0.256 e. The highest BCUT2D eigenvalue weighted by Crippen LogP contribution is 2.25. The fraction of sp³-hybridized carbons (Fsp3) is 0.462.